The van der Waals surface area contributed by atoms with Crippen molar-refractivity contribution in [1.29, 1.82) is 0 Å². The third-order valence-electron chi connectivity index (χ3n) is 4.06. The summed E-state index contributed by atoms with van der Waals surface area (Å²) in [5, 5.41) is 24.2. The molecule has 3 rings (SSSR count). The Morgan fingerprint density at radius 1 is 1.27 bits per heavy atom. The summed E-state index contributed by atoms with van der Waals surface area (Å²) >= 11 is 0. The van der Waals surface area contributed by atoms with Crippen molar-refractivity contribution < 1.29 is 14.6 Å². The van der Waals surface area contributed by atoms with Gasteiger partial charge in [0, 0.05) is 11.1 Å². The van der Waals surface area contributed by atoms with E-state index in [4.69, 9.17) is 4.74 Å². The number of Topliss-reactive ketones (excluding diaryl/α,β-unsaturated/α-hetero) is 1. The van der Waals surface area contributed by atoms with E-state index in [1.54, 1.807) is 12.1 Å². The monoisotopic (exact) mass is 352 g/mol. The Morgan fingerprint density at radius 3 is 2.81 bits per heavy atom. The molecule has 0 aliphatic rings. The van der Waals surface area contributed by atoms with Crippen molar-refractivity contribution in [2.24, 2.45) is 0 Å². The molecule has 2 N–H and O–H groups in total. The highest BCUT2D eigenvalue weighted by molar-refractivity contribution is 5.97. The SMILES string of the molecule is CCCc1c(OCc2cccc(-c3nnn[nH]3)c2)ccc(C(C)=O)c1O. The second-order valence-corrected chi connectivity index (χ2v) is 5.98. The van der Waals surface area contributed by atoms with E-state index in [1.165, 1.54) is 6.92 Å². The van der Waals surface area contributed by atoms with Crippen LogP contribution in [0.2, 0.25) is 0 Å². The third-order valence-corrected chi connectivity index (χ3v) is 4.06. The molecule has 7 heteroatoms. The maximum Gasteiger partial charge on any atom is 0.179 e. The molecule has 0 radical (unpaired) electrons. The minimum absolute atomic E-state index is 0.0123. The Hall–Kier alpha value is -3.22. The lowest BCUT2D eigenvalue weighted by molar-refractivity contribution is 0.101. The quantitative estimate of drug-likeness (QED) is 0.633. The number of rotatable bonds is 7. The fourth-order valence-electron chi connectivity index (χ4n) is 2.78. The summed E-state index contributed by atoms with van der Waals surface area (Å²) in [6.07, 6.45) is 1.46. The number of aromatic nitrogens is 4. The molecule has 134 valence electrons. The number of nitrogens with one attached hydrogen (secondary N) is 1. The van der Waals surface area contributed by atoms with Crippen molar-refractivity contribution in [2.45, 2.75) is 33.3 Å². The summed E-state index contributed by atoms with van der Waals surface area (Å²) in [7, 11) is 0. The number of aromatic hydroxyl groups is 1. The number of benzene rings is 2. The van der Waals surface area contributed by atoms with Crippen molar-refractivity contribution in [2.75, 3.05) is 0 Å². The number of carbonyl (C=O) groups is 1. The first-order valence-electron chi connectivity index (χ1n) is 8.41. The van der Waals surface area contributed by atoms with Gasteiger partial charge in [0.2, 0.25) is 0 Å². The second kappa shape index (κ2) is 7.77. The van der Waals surface area contributed by atoms with Gasteiger partial charge in [-0.25, -0.2) is 5.10 Å². The highest BCUT2D eigenvalue weighted by Gasteiger charge is 2.16. The number of carbonyl (C=O) groups excluding carboxylic acids is 1. The van der Waals surface area contributed by atoms with E-state index in [2.05, 4.69) is 20.6 Å². The molecule has 0 unspecified atom stereocenters. The van der Waals surface area contributed by atoms with E-state index in [9.17, 15) is 9.90 Å². The number of aromatic amines is 1. The van der Waals surface area contributed by atoms with Crippen LogP contribution < -0.4 is 4.74 Å². The zero-order valence-electron chi connectivity index (χ0n) is 14.7. The van der Waals surface area contributed by atoms with Crippen molar-refractivity contribution in [1.82, 2.24) is 20.6 Å². The Balaban J connectivity index is 1.82. The van der Waals surface area contributed by atoms with Gasteiger partial charge < -0.3 is 9.84 Å². The number of hydrogen-bond acceptors (Lipinski definition) is 6. The van der Waals surface area contributed by atoms with Crippen LogP contribution in [0.4, 0.5) is 0 Å². The zero-order valence-corrected chi connectivity index (χ0v) is 14.7. The maximum absolute atomic E-state index is 11.6. The minimum atomic E-state index is -0.167. The van der Waals surface area contributed by atoms with E-state index < -0.39 is 0 Å². The highest BCUT2D eigenvalue weighted by atomic mass is 16.5. The van der Waals surface area contributed by atoms with Crippen molar-refractivity contribution >= 4 is 5.78 Å². The summed E-state index contributed by atoms with van der Waals surface area (Å²) < 4.78 is 5.93. The lowest BCUT2D eigenvalue weighted by Gasteiger charge is -2.15. The number of nitrogens with zero attached hydrogens (tertiary/aromatic N) is 3. The topological polar surface area (TPSA) is 101 Å². The van der Waals surface area contributed by atoms with Crippen LogP contribution in [-0.2, 0) is 13.0 Å². The number of ketones is 1. The van der Waals surface area contributed by atoms with Gasteiger partial charge >= 0.3 is 0 Å². The lowest BCUT2D eigenvalue weighted by Crippen LogP contribution is -2.02. The van der Waals surface area contributed by atoms with Crippen LogP contribution in [-0.4, -0.2) is 31.5 Å². The van der Waals surface area contributed by atoms with E-state index in [0.717, 1.165) is 17.5 Å². The molecule has 1 heterocycles. The van der Waals surface area contributed by atoms with Gasteiger partial charge in [-0.05, 0) is 47.5 Å². The first-order chi connectivity index (χ1) is 12.6. The fourth-order valence-corrected chi connectivity index (χ4v) is 2.78. The van der Waals surface area contributed by atoms with E-state index in [-0.39, 0.29) is 11.5 Å². The summed E-state index contributed by atoms with van der Waals surface area (Å²) in [6, 6.07) is 11.0. The molecule has 0 fully saturated rings. The first kappa shape index (κ1) is 17.6. The summed E-state index contributed by atoms with van der Waals surface area (Å²) in [4.78, 5) is 11.6. The predicted octanol–water partition coefficient (Wildman–Crippen LogP) is 3.31. The van der Waals surface area contributed by atoms with E-state index in [0.29, 0.717) is 35.7 Å². The molecule has 2 aromatic carbocycles. The van der Waals surface area contributed by atoms with Gasteiger partial charge in [0.25, 0.3) is 0 Å². The maximum atomic E-state index is 11.6. The van der Waals surface area contributed by atoms with Crippen LogP contribution in [0.15, 0.2) is 36.4 Å². The molecular formula is C19H20N4O3. The molecule has 1 aromatic heterocycles. The second-order valence-electron chi connectivity index (χ2n) is 5.98. The molecule has 0 saturated carbocycles. The molecule has 3 aromatic rings. The van der Waals surface area contributed by atoms with Crippen LogP contribution in [0.25, 0.3) is 11.4 Å². The Kier molecular flexibility index (Phi) is 5.26. The number of H-pyrrole nitrogens is 1. The van der Waals surface area contributed by atoms with Crippen molar-refractivity contribution in [3.8, 4) is 22.9 Å². The Morgan fingerprint density at radius 2 is 2.12 bits per heavy atom. The van der Waals surface area contributed by atoms with Crippen molar-refractivity contribution in [3.63, 3.8) is 0 Å². The van der Waals surface area contributed by atoms with Crippen molar-refractivity contribution in [3.05, 3.63) is 53.1 Å². The van der Waals surface area contributed by atoms with Gasteiger partial charge in [-0.15, -0.1) is 5.10 Å². The largest absolute Gasteiger partial charge is 0.507 e. The normalized spacial score (nSPS) is 10.7. The molecule has 0 aliphatic carbocycles. The molecule has 0 amide bonds. The van der Waals surface area contributed by atoms with Crippen LogP contribution in [0, 0.1) is 0 Å². The van der Waals surface area contributed by atoms with Gasteiger partial charge in [0.1, 0.15) is 18.1 Å². The average molecular weight is 352 g/mol. The molecule has 26 heavy (non-hydrogen) atoms. The van der Waals surface area contributed by atoms with Crippen LogP contribution in [0.1, 0.15) is 41.8 Å². The van der Waals surface area contributed by atoms with Gasteiger partial charge in [-0.2, -0.15) is 0 Å². The highest BCUT2D eigenvalue weighted by Crippen LogP contribution is 2.33. The van der Waals surface area contributed by atoms with Gasteiger partial charge in [-0.3, -0.25) is 4.79 Å². The molecule has 0 aliphatic heterocycles. The third kappa shape index (κ3) is 3.72. The number of ether oxygens (including phenoxy) is 1. The molecule has 0 bridgehead atoms. The van der Waals surface area contributed by atoms with Crippen LogP contribution in [0.5, 0.6) is 11.5 Å². The molecular weight excluding hydrogens is 332 g/mol. The lowest BCUT2D eigenvalue weighted by atomic mass is 10.0. The minimum Gasteiger partial charge on any atom is -0.507 e. The predicted molar refractivity (Wildman–Crippen MR) is 96.1 cm³/mol. The molecule has 7 nitrogen and oxygen atoms in total. The number of phenolic OH excluding ortho intramolecular Hbond substituents is 1. The van der Waals surface area contributed by atoms with Crippen LogP contribution in [0.3, 0.4) is 0 Å². The van der Waals surface area contributed by atoms with E-state index >= 15 is 0 Å². The average Bonchev–Trinajstić information content (AvgIpc) is 3.17. The number of hydrogen-bond donors (Lipinski definition) is 2. The number of phenols is 1. The summed E-state index contributed by atoms with van der Waals surface area (Å²) in [6.45, 7) is 3.78. The fraction of sp³-hybridized carbons (Fsp3) is 0.263. The molecule has 0 saturated heterocycles. The number of tetrazole rings is 1. The molecule has 0 spiro atoms. The first-order valence-corrected chi connectivity index (χ1v) is 8.41. The summed E-state index contributed by atoms with van der Waals surface area (Å²) in [5.41, 5.74) is 2.78. The van der Waals surface area contributed by atoms with E-state index in [1.807, 2.05) is 31.2 Å². The summed E-state index contributed by atoms with van der Waals surface area (Å²) in [5.74, 6) is 1.01. The Bertz CT molecular complexity index is 907. The van der Waals surface area contributed by atoms with Gasteiger partial charge in [0.15, 0.2) is 11.6 Å². The smallest absolute Gasteiger partial charge is 0.179 e. The van der Waals surface area contributed by atoms with Gasteiger partial charge in [-0.1, -0.05) is 31.5 Å². The Labute approximate surface area is 151 Å². The van der Waals surface area contributed by atoms with Gasteiger partial charge in [0.05, 0.1) is 5.56 Å². The molecule has 0 atom stereocenters. The van der Waals surface area contributed by atoms with Crippen LogP contribution >= 0.6 is 0 Å². The standard InChI is InChI=1S/C19H20N4O3/c1-3-5-16-17(9-8-15(12(2)24)18(16)25)26-11-13-6-4-7-14(10-13)19-20-22-23-21-19/h4,6-10,25H,3,5,11H2,1-2H3,(H,20,21,22,23). The zero-order chi connectivity index (χ0) is 18.5.